The third-order valence-electron chi connectivity index (χ3n) is 4.21. The van der Waals surface area contributed by atoms with Gasteiger partial charge in [0.05, 0.1) is 39.6 Å². The maximum atomic E-state index is 11.9. The Morgan fingerprint density at radius 2 is 1.03 bits per heavy atom. The predicted octanol–water partition coefficient (Wildman–Crippen LogP) is 3.16. The third kappa shape index (κ3) is 20.1. The van der Waals surface area contributed by atoms with E-state index in [9.17, 15) is 9.59 Å². The van der Waals surface area contributed by atoms with Crippen LogP contribution < -0.4 is 0 Å². The molecule has 0 saturated heterocycles. The largest absolute Gasteiger partial charge is 0.463 e. The third-order valence-corrected chi connectivity index (χ3v) is 4.21. The van der Waals surface area contributed by atoms with Crippen LogP contribution in [0.2, 0.25) is 0 Å². The highest BCUT2D eigenvalue weighted by Gasteiger charge is 2.15. The zero-order valence-electron chi connectivity index (χ0n) is 19.2. The van der Waals surface area contributed by atoms with Crippen LogP contribution in [-0.2, 0) is 38.0 Å². The fourth-order valence-electron chi connectivity index (χ4n) is 2.50. The molecule has 178 valence electrons. The number of carbonyl (C=O) groups excluding carboxylic acids is 2. The number of ether oxygens (including phenoxy) is 6. The fraction of sp³-hybridized carbons (Fsp3) is 0.909. The number of rotatable bonds is 22. The van der Waals surface area contributed by atoms with Crippen molar-refractivity contribution in [1.82, 2.24) is 0 Å². The van der Waals surface area contributed by atoms with Gasteiger partial charge in [0.15, 0.2) is 0 Å². The Bertz CT molecular complexity index is 403. The molecule has 0 heterocycles. The maximum Gasteiger partial charge on any atom is 0.306 e. The highest BCUT2D eigenvalue weighted by atomic mass is 16.6. The second-order valence-corrected chi connectivity index (χ2v) is 6.91. The van der Waals surface area contributed by atoms with Crippen molar-refractivity contribution >= 4 is 11.9 Å². The summed E-state index contributed by atoms with van der Waals surface area (Å²) in [5.41, 5.74) is 0. The Balaban J connectivity index is 3.64. The Morgan fingerprint density at radius 3 is 1.50 bits per heavy atom. The molecule has 0 aromatic rings. The molecule has 0 rings (SSSR count). The van der Waals surface area contributed by atoms with Crippen LogP contribution in [-0.4, -0.2) is 78.0 Å². The molecule has 30 heavy (non-hydrogen) atoms. The van der Waals surface area contributed by atoms with Crippen LogP contribution in [0.3, 0.4) is 0 Å². The standard InChI is InChI=1S/C22H42O8/c1-4-9-25-11-13-27-15-17-29-21(23)8-7-20(6-3)19-22(24)30-18-16-28-14-12-26-10-5-2/h20H,4-19H2,1-3H3. The smallest absolute Gasteiger partial charge is 0.306 e. The van der Waals surface area contributed by atoms with Gasteiger partial charge in [-0.15, -0.1) is 0 Å². The Labute approximate surface area is 181 Å². The van der Waals surface area contributed by atoms with Gasteiger partial charge in [-0.05, 0) is 25.2 Å². The summed E-state index contributed by atoms with van der Waals surface area (Å²) in [6.07, 6.45) is 3.95. The number of esters is 2. The van der Waals surface area contributed by atoms with E-state index >= 15 is 0 Å². The van der Waals surface area contributed by atoms with Crippen molar-refractivity contribution in [3.63, 3.8) is 0 Å². The summed E-state index contributed by atoms with van der Waals surface area (Å²) in [4.78, 5) is 23.7. The van der Waals surface area contributed by atoms with Gasteiger partial charge in [-0.2, -0.15) is 0 Å². The Kier molecular flexibility index (Phi) is 21.6. The minimum atomic E-state index is -0.272. The first-order chi connectivity index (χ1) is 14.6. The quantitative estimate of drug-likeness (QED) is 0.190. The van der Waals surface area contributed by atoms with Crippen LogP contribution >= 0.6 is 0 Å². The zero-order valence-corrected chi connectivity index (χ0v) is 19.2. The van der Waals surface area contributed by atoms with Crippen LogP contribution in [0.25, 0.3) is 0 Å². The van der Waals surface area contributed by atoms with E-state index in [4.69, 9.17) is 28.4 Å². The van der Waals surface area contributed by atoms with Crippen LogP contribution in [0, 0.1) is 5.92 Å². The van der Waals surface area contributed by atoms with Crippen molar-refractivity contribution in [2.75, 3.05) is 66.1 Å². The summed E-state index contributed by atoms with van der Waals surface area (Å²) in [6, 6.07) is 0. The molecule has 1 atom stereocenters. The van der Waals surface area contributed by atoms with Crippen molar-refractivity contribution in [2.24, 2.45) is 5.92 Å². The summed E-state index contributed by atoms with van der Waals surface area (Å²) in [6.45, 7) is 10.8. The van der Waals surface area contributed by atoms with E-state index in [1.54, 1.807) is 0 Å². The monoisotopic (exact) mass is 434 g/mol. The molecule has 0 aliphatic rings. The summed E-state index contributed by atoms with van der Waals surface area (Å²) >= 11 is 0. The molecule has 1 unspecified atom stereocenters. The average molecular weight is 435 g/mol. The molecule has 0 amide bonds. The lowest BCUT2D eigenvalue weighted by atomic mass is 9.97. The molecule has 0 N–H and O–H groups in total. The number of hydrogen-bond donors (Lipinski definition) is 0. The van der Waals surface area contributed by atoms with Gasteiger partial charge in [0.2, 0.25) is 0 Å². The van der Waals surface area contributed by atoms with Crippen LogP contribution in [0.4, 0.5) is 0 Å². The minimum absolute atomic E-state index is 0.0976. The van der Waals surface area contributed by atoms with E-state index in [1.165, 1.54) is 0 Å². The lowest BCUT2D eigenvalue weighted by Crippen LogP contribution is -2.17. The molecule has 0 radical (unpaired) electrons. The van der Waals surface area contributed by atoms with Crippen molar-refractivity contribution in [3.8, 4) is 0 Å². The zero-order chi connectivity index (χ0) is 22.3. The molecule has 0 aliphatic heterocycles. The first-order valence-corrected chi connectivity index (χ1v) is 11.3. The molecule has 0 bridgehead atoms. The summed E-state index contributed by atoms with van der Waals surface area (Å²) < 4.78 is 31.6. The minimum Gasteiger partial charge on any atom is -0.463 e. The van der Waals surface area contributed by atoms with E-state index < -0.39 is 0 Å². The highest BCUT2D eigenvalue weighted by Crippen LogP contribution is 2.16. The van der Waals surface area contributed by atoms with Gasteiger partial charge in [-0.25, -0.2) is 0 Å². The van der Waals surface area contributed by atoms with E-state index in [-0.39, 0.29) is 37.5 Å². The first-order valence-electron chi connectivity index (χ1n) is 11.3. The second-order valence-electron chi connectivity index (χ2n) is 6.91. The predicted molar refractivity (Wildman–Crippen MR) is 113 cm³/mol. The topological polar surface area (TPSA) is 89.5 Å². The molecular weight excluding hydrogens is 392 g/mol. The Hall–Kier alpha value is -1.22. The lowest BCUT2D eigenvalue weighted by molar-refractivity contribution is -0.148. The van der Waals surface area contributed by atoms with E-state index in [1.807, 2.05) is 6.92 Å². The molecular formula is C22H42O8. The summed E-state index contributed by atoms with van der Waals surface area (Å²) in [5, 5.41) is 0. The van der Waals surface area contributed by atoms with Crippen molar-refractivity contribution in [3.05, 3.63) is 0 Å². The van der Waals surface area contributed by atoms with Gasteiger partial charge < -0.3 is 28.4 Å². The highest BCUT2D eigenvalue weighted by molar-refractivity contribution is 5.71. The SMILES string of the molecule is CCCOCCOCCOC(=O)CCC(CC)CC(=O)OCCOCCOCCC. The van der Waals surface area contributed by atoms with E-state index in [2.05, 4.69) is 13.8 Å². The number of carbonyl (C=O) groups is 2. The van der Waals surface area contributed by atoms with Crippen molar-refractivity contribution in [2.45, 2.75) is 59.3 Å². The summed E-state index contributed by atoms with van der Waals surface area (Å²) in [7, 11) is 0. The van der Waals surface area contributed by atoms with Crippen molar-refractivity contribution in [1.29, 1.82) is 0 Å². The summed E-state index contributed by atoms with van der Waals surface area (Å²) in [5.74, 6) is -0.438. The van der Waals surface area contributed by atoms with Gasteiger partial charge in [0, 0.05) is 26.1 Å². The molecule has 8 heteroatoms. The molecule has 0 fully saturated rings. The first kappa shape index (κ1) is 28.8. The maximum absolute atomic E-state index is 11.9. The molecule has 0 aromatic carbocycles. The number of hydrogen-bond acceptors (Lipinski definition) is 8. The molecule has 0 aromatic heterocycles. The van der Waals surface area contributed by atoms with Crippen LogP contribution in [0.1, 0.15) is 59.3 Å². The Morgan fingerprint density at radius 1 is 0.600 bits per heavy atom. The van der Waals surface area contributed by atoms with Gasteiger partial charge in [0.25, 0.3) is 0 Å². The van der Waals surface area contributed by atoms with Gasteiger partial charge in [-0.3, -0.25) is 9.59 Å². The molecule has 0 aliphatic carbocycles. The lowest BCUT2D eigenvalue weighted by Gasteiger charge is -2.14. The molecule has 8 nitrogen and oxygen atoms in total. The van der Waals surface area contributed by atoms with E-state index in [0.717, 1.165) is 32.5 Å². The van der Waals surface area contributed by atoms with Gasteiger partial charge in [0.1, 0.15) is 13.2 Å². The molecule has 0 spiro atoms. The van der Waals surface area contributed by atoms with E-state index in [0.29, 0.717) is 52.5 Å². The average Bonchev–Trinajstić information content (AvgIpc) is 2.74. The van der Waals surface area contributed by atoms with Crippen LogP contribution in [0.15, 0.2) is 0 Å². The second kappa shape index (κ2) is 22.5. The van der Waals surface area contributed by atoms with Gasteiger partial charge >= 0.3 is 11.9 Å². The fourth-order valence-corrected chi connectivity index (χ4v) is 2.50. The normalized spacial score (nSPS) is 12.0. The van der Waals surface area contributed by atoms with Crippen molar-refractivity contribution < 1.29 is 38.0 Å². The van der Waals surface area contributed by atoms with Crippen LogP contribution in [0.5, 0.6) is 0 Å². The molecule has 0 saturated carbocycles. The van der Waals surface area contributed by atoms with Gasteiger partial charge in [-0.1, -0.05) is 27.2 Å².